The third kappa shape index (κ3) is 4.02. The Morgan fingerprint density at radius 3 is 2.92 bits per heavy atom. The number of nitrogens with one attached hydrogen (secondary N) is 1. The molecular weight excluding hydrogens is 372 g/mol. The second-order valence-corrected chi connectivity index (χ2v) is 7.09. The molecule has 1 amide bonds. The van der Waals surface area contributed by atoms with Gasteiger partial charge in [-0.2, -0.15) is 0 Å². The average molecular weight is 393 g/mol. The molecule has 2 atom stereocenters. The zero-order chi connectivity index (χ0) is 17.1. The summed E-state index contributed by atoms with van der Waals surface area (Å²) in [5, 5.41) is 2.91. The lowest BCUT2D eigenvalue weighted by molar-refractivity contribution is -0.121. The molecule has 2 aromatic rings. The normalized spacial score (nSPS) is 19.9. The van der Waals surface area contributed by atoms with Crippen molar-refractivity contribution in [3.8, 4) is 0 Å². The quantitative estimate of drug-likeness (QED) is 0.860. The predicted octanol–water partition coefficient (Wildman–Crippen LogP) is 3.55. The molecule has 0 unspecified atom stereocenters. The maximum Gasteiger partial charge on any atom is 0.229 e. The van der Waals surface area contributed by atoms with Crippen molar-refractivity contribution < 1.29 is 9.21 Å². The minimum Gasteiger partial charge on any atom is -0.444 e. The van der Waals surface area contributed by atoms with E-state index in [1.54, 1.807) is 18.5 Å². The van der Waals surface area contributed by atoms with E-state index in [-0.39, 0.29) is 17.9 Å². The van der Waals surface area contributed by atoms with Crippen molar-refractivity contribution in [2.75, 3.05) is 18.4 Å². The maximum absolute atomic E-state index is 12.5. The van der Waals surface area contributed by atoms with Gasteiger partial charge in [-0.15, -0.1) is 0 Å². The molecule has 0 bridgehead atoms. The number of piperidine rings is 1. The Bertz CT molecular complexity index is 701. The Labute approximate surface area is 149 Å². The molecule has 0 spiro atoms. The smallest absolute Gasteiger partial charge is 0.229 e. The van der Waals surface area contributed by atoms with E-state index in [0.717, 1.165) is 29.6 Å². The van der Waals surface area contributed by atoms with Gasteiger partial charge in [-0.25, -0.2) is 9.97 Å². The van der Waals surface area contributed by atoms with Gasteiger partial charge in [0.25, 0.3) is 0 Å². The summed E-state index contributed by atoms with van der Waals surface area (Å²) >= 11 is 3.34. The Hall–Kier alpha value is -1.73. The molecule has 1 aliphatic rings. The van der Waals surface area contributed by atoms with Gasteiger partial charge in [-0.05, 0) is 61.3 Å². The summed E-state index contributed by atoms with van der Waals surface area (Å²) in [5.41, 5.74) is 0. The van der Waals surface area contributed by atoms with Crippen LogP contribution >= 0.6 is 15.9 Å². The largest absolute Gasteiger partial charge is 0.444 e. The minimum absolute atomic E-state index is 0.0188. The van der Waals surface area contributed by atoms with Crippen molar-refractivity contribution in [3.63, 3.8) is 0 Å². The zero-order valence-electron chi connectivity index (χ0n) is 13.8. The SMILES string of the molecule is Cc1cnc([C@@H](C)N2CCC[C@@H](C(=O)Nc3ccc(Br)cn3)C2)o1. The number of halogens is 1. The highest BCUT2D eigenvalue weighted by molar-refractivity contribution is 9.10. The Morgan fingerprint density at radius 2 is 2.25 bits per heavy atom. The first-order valence-corrected chi connectivity index (χ1v) is 8.91. The summed E-state index contributed by atoms with van der Waals surface area (Å²) < 4.78 is 6.52. The van der Waals surface area contributed by atoms with E-state index in [0.29, 0.717) is 18.3 Å². The van der Waals surface area contributed by atoms with Gasteiger partial charge in [-0.3, -0.25) is 9.69 Å². The first kappa shape index (κ1) is 17.1. The number of aromatic nitrogens is 2. The standard InChI is InChI=1S/C17H21BrN4O2/c1-11-8-20-17(24-11)12(2)22-7-3-4-13(10-22)16(23)21-15-6-5-14(18)9-19-15/h5-6,8-9,12-13H,3-4,7,10H2,1-2H3,(H,19,21,23)/t12-,13-/m1/s1. The van der Waals surface area contributed by atoms with Crippen molar-refractivity contribution in [2.24, 2.45) is 5.92 Å². The summed E-state index contributed by atoms with van der Waals surface area (Å²) in [6.45, 7) is 5.61. The zero-order valence-corrected chi connectivity index (χ0v) is 15.4. The number of aryl methyl sites for hydroxylation is 1. The van der Waals surface area contributed by atoms with Crippen LogP contribution in [0.15, 0.2) is 33.4 Å². The van der Waals surface area contributed by atoms with Crippen molar-refractivity contribution >= 4 is 27.7 Å². The Morgan fingerprint density at radius 1 is 1.42 bits per heavy atom. The van der Waals surface area contributed by atoms with Gasteiger partial charge in [0.15, 0.2) is 0 Å². The molecule has 0 aromatic carbocycles. The molecule has 1 fully saturated rings. The second-order valence-electron chi connectivity index (χ2n) is 6.17. The molecule has 0 saturated carbocycles. The van der Waals surface area contributed by atoms with E-state index in [1.165, 1.54) is 0 Å². The second kappa shape index (κ2) is 7.44. The molecule has 2 aromatic heterocycles. The molecule has 3 heterocycles. The van der Waals surface area contributed by atoms with E-state index >= 15 is 0 Å². The molecule has 128 valence electrons. The van der Waals surface area contributed by atoms with E-state index in [4.69, 9.17) is 4.42 Å². The summed E-state index contributed by atoms with van der Waals surface area (Å²) in [4.78, 5) is 23.3. The molecule has 0 aliphatic carbocycles. The number of rotatable bonds is 4. The van der Waals surface area contributed by atoms with E-state index in [2.05, 4.69) is 43.0 Å². The number of likely N-dealkylation sites (tertiary alicyclic amines) is 1. The monoisotopic (exact) mass is 392 g/mol. The molecule has 3 rings (SSSR count). The summed E-state index contributed by atoms with van der Waals surface area (Å²) in [6, 6.07) is 3.73. The van der Waals surface area contributed by atoms with Gasteiger partial charge < -0.3 is 9.73 Å². The number of hydrogen-bond acceptors (Lipinski definition) is 5. The summed E-state index contributed by atoms with van der Waals surface area (Å²) in [5.74, 6) is 2.07. The van der Waals surface area contributed by atoms with Crippen LogP contribution in [0.25, 0.3) is 0 Å². The summed E-state index contributed by atoms with van der Waals surface area (Å²) in [7, 11) is 0. The van der Waals surface area contributed by atoms with Gasteiger partial charge in [0.05, 0.1) is 18.2 Å². The third-order valence-corrected chi connectivity index (χ3v) is 4.82. The lowest BCUT2D eigenvalue weighted by atomic mass is 9.96. The van der Waals surface area contributed by atoms with Crippen LogP contribution in [-0.2, 0) is 4.79 Å². The van der Waals surface area contributed by atoms with Gasteiger partial charge >= 0.3 is 0 Å². The number of nitrogens with zero attached hydrogens (tertiary/aromatic N) is 3. The molecule has 6 nitrogen and oxygen atoms in total. The van der Waals surface area contributed by atoms with Crippen molar-refractivity contribution in [3.05, 3.63) is 40.7 Å². The van der Waals surface area contributed by atoms with Gasteiger partial charge in [0.1, 0.15) is 11.6 Å². The molecule has 7 heteroatoms. The Kier molecular flexibility index (Phi) is 5.30. The van der Waals surface area contributed by atoms with Crippen LogP contribution in [0.5, 0.6) is 0 Å². The lowest BCUT2D eigenvalue weighted by Gasteiger charge is -2.34. The molecule has 0 radical (unpaired) electrons. The van der Waals surface area contributed by atoms with E-state index < -0.39 is 0 Å². The van der Waals surface area contributed by atoms with Crippen LogP contribution in [0.4, 0.5) is 5.82 Å². The molecule has 1 aliphatic heterocycles. The van der Waals surface area contributed by atoms with Gasteiger partial charge in [0, 0.05) is 17.2 Å². The van der Waals surface area contributed by atoms with Crippen LogP contribution < -0.4 is 5.32 Å². The highest BCUT2D eigenvalue weighted by Crippen LogP contribution is 2.27. The van der Waals surface area contributed by atoms with Crippen molar-refractivity contribution in [1.29, 1.82) is 0 Å². The van der Waals surface area contributed by atoms with Crippen LogP contribution in [0.1, 0.15) is 37.5 Å². The van der Waals surface area contributed by atoms with E-state index in [9.17, 15) is 4.79 Å². The first-order valence-electron chi connectivity index (χ1n) is 8.11. The van der Waals surface area contributed by atoms with Crippen molar-refractivity contribution in [1.82, 2.24) is 14.9 Å². The van der Waals surface area contributed by atoms with E-state index in [1.807, 2.05) is 13.0 Å². The number of amides is 1. The molecule has 1 N–H and O–H groups in total. The molecular formula is C17H21BrN4O2. The fraction of sp³-hybridized carbons (Fsp3) is 0.471. The number of carbonyl (C=O) groups excluding carboxylic acids is 1. The van der Waals surface area contributed by atoms with Crippen LogP contribution in [0.3, 0.4) is 0 Å². The number of oxazole rings is 1. The number of carbonyl (C=O) groups is 1. The van der Waals surface area contributed by atoms with Crippen LogP contribution in [0.2, 0.25) is 0 Å². The highest BCUT2D eigenvalue weighted by atomic mass is 79.9. The third-order valence-electron chi connectivity index (χ3n) is 4.35. The average Bonchev–Trinajstić information content (AvgIpc) is 3.03. The summed E-state index contributed by atoms with van der Waals surface area (Å²) in [6.07, 6.45) is 5.28. The predicted molar refractivity (Wildman–Crippen MR) is 94.5 cm³/mol. The van der Waals surface area contributed by atoms with Crippen LogP contribution in [-0.4, -0.2) is 33.9 Å². The number of anilines is 1. The lowest BCUT2D eigenvalue weighted by Crippen LogP contribution is -2.42. The fourth-order valence-corrected chi connectivity index (χ4v) is 3.21. The highest BCUT2D eigenvalue weighted by Gasteiger charge is 2.30. The van der Waals surface area contributed by atoms with Crippen LogP contribution in [0, 0.1) is 12.8 Å². The maximum atomic E-state index is 12.5. The van der Waals surface area contributed by atoms with Gasteiger partial charge in [0.2, 0.25) is 11.8 Å². The number of hydrogen-bond donors (Lipinski definition) is 1. The number of pyridine rings is 1. The first-order chi connectivity index (χ1) is 11.5. The molecule has 24 heavy (non-hydrogen) atoms. The van der Waals surface area contributed by atoms with Gasteiger partial charge in [-0.1, -0.05) is 0 Å². The molecule has 1 saturated heterocycles. The Balaban J connectivity index is 1.62. The fourth-order valence-electron chi connectivity index (χ4n) is 2.97. The topological polar surface area (TPSA) is 71.3 Å². The minimum atomic E-state index is -0.0531. The van der Waals surface area contributed by atoms with Crippen molar-refractivity contribution in [2.45, 2.75) is 32.7 Å².